The molecule has 1 amide bonds. The van der Waals surface area contributed by atoms with Crippen LogP contribution in [0.5, 0.6) is 0 Å². The molecule has 0 spiro atoms. The number of carboxylic acid groups (broad SMARTS) is 1. The van der Waals surface area contributed by atoms with Gasteiger partial charge in [-0.1, -0.05) is 22.0 Å². The van der Waals surface area contributed by atoms with Crippen molar-refractivity contribution in [3.05, 3.63) is 33.8 Å². The van der Waals surface area contributed by atoms with E-state index in [1.165, 1.54) is 0 Å². The van der Waals surface area contributed by atoms with Crippen molar-refractivity contribution in [1.29, 1.82) is 0 Å². The fraction of sp³-hybridized carbons (Fsp3) is 0.429. The normalized spacial score (nSPS) is 18.6. The van der Waals surface area contributed by atoms with E-state index in [2.05, 4.69) is 15.9 Å². The molecule has 1 unspecified atom stereocenters. The van der Waals surface area contributed by atoms with Crippen LogP contribution in [0.1, 0.15) is 35.2 Å². The van der Waals surface area contributed by atoms with Crippen molar-refractivity contribution in [3.63, 3.8) is 0 Å². The maximum Gasteiger partial charge on any atom is 0.305 e. The van der Waals surface area contributed by atoms with Gasteiger partial charge in [0.05, 0.1) is 6.42 Å². The smallest absolute Gasteiger partial charge is 0.305 e. The van der Waals surface area contributed by atoms with Gasteiger partial charge in [0.15, 0.2) is 0 Å². The van der Waals surface area contributed by atoms with Gasteiger partial charge in [-0.3, -0.25) is 9.59 Å². The van der Waals surface area contributed by atoms with Crippen molar-refractivity contribution in [2.45, 2.75) is 32.2 Å². The molecule has 1 saturated heterocycles. The maximum absolute atomic E-state index is 12.5. The molecule has 1 aromatic rings. The summed E-state index contributed by atoms with van der Waals surface area (Å²) in [6.45, 7) is 2.53. The molecule has 1 aromatic carbocycles. The molecule has 0 saturated carbocycles. The predicted octanol–water partition coefficient (Wildman–Crippen LogP) is 2.84. The minimum atomic E-state index is -0.851. The zero-order chi connectivity index (χ0) is 14.0. The lowest BCUT2D eigenvalue weighted by Gasteiger charge is -2.24. The molecule has 0 radical (unpaired) electrons. The topological polar surface area (TPSA) is 57.6 Å². The van der Waals surface area contributed by atoms with Gasteiger partial charge in [0, 0.05) is 22.6 Å². The number of carbonyl (C=O) groups excluding carboxylic acids is 1. The zero-order valence-electron chi connectivity index (χ0n) is 10.7. The summed E-state index contributed by atoms with van der Waals surface area (Å²) in [6, 6.07) is 5.33. The molecule has 4 nitrogen and oxygen atoms in total. The molecule has 1 heterocycles. The van der Waals surface area contributed by atoms with Crippen LogP contribution in [0, 0.1) is 6.92 Å². The monoisotopic (exact) mass is 325 g/mol. The minimum Gasteiger partial charge on any atom is -0.481 e. The van der Waals surface area contributed by atoms with Gasteiger partial charge < -0.3 is 10.0 Å². The molecular weight excluding hydrogens is 310 g/mol. The van der Waals surface area contributed by atoms with Gasteiger partial charge in [-0.2, -0.15) is 0 Å². The summed E-state index contributed by atoms with van der Waals surface area (Å²) in [5, 5.41) is 8.90. The first kappa shape index (κ1) is 14.1. The summed E-state index contributed by atoms with van der Waals surface area (Å²) in [7, 11) is 0. The summed E-state index contributed by atoms with van der Waals surface area (Å²) < 4.78 is 0.896. The molecule has 1 atom stereocenters. The maximum atomic E-state index is 12.5. The lowest BCUT2D eigenvalue weighted by molar-refractivity contribution is -0.137. The summed E-state index contributed by atoms with van der Waals surface area (Å²) in [5.74, 6) is -0.918. The van der Waals surface area contributed by atoms with Crippen LogP contribution in [0.3, 0.4) is 0 Å². The summed E-state index contributed by atoms with van der Waals surface area (Å²) in [4.78, 5) is 25.1. The lowest BCUT2D eigenvalue weighted by Crippen LogP contribution is -2.37. The molecule has 19 heavy (non-hydrogen) atoms. The van der Waals surface area contributed by atoms with E-state index in [1.807, 2.05) is 19.1 Å². The number of rotatable bonds is 3. The molecule has 0 bridgehead atoms. The number of amides is 1. The van der Waals surface area contributed by atoms with Crippen LogP contribution in [0.25, 0.3) is 0 Å². The fourth-order valence-electron chi connectivity index (χ4n) is 2.51. The quantitative estimate of drug-likeness (QED) is 0.929. The number of hydrogen-bond acceptors (Lipinski definition) is 2. The van der Waals surface area contributed by atoms with E-state index in [4.69, 9.17) is 5.11 Å². The second kappa shape index (κ2) is 5.74. The van der Waals surface area contributed by atoms with Crippen molar-refractivity contribution < 1.29 is 14.7 Å². The summed E-state index contributed by atoms with van der Waals surface area (Å²) in [6.07, 6.45) is 1.67. The first-order chi connectivity index (χ1) is 9.00. The first-order valence-electron chi connectivity index (χ1n) is 6.28. The third-order valence-corrected chi connectivity index (χ3v) is 4.41. The van der Waals surface area contributed by atoms with Gasteiger partial charge in [-0.15, -0.1) is 0 Å². The number of halogens is 1. The molecule has 1 aliphatic heterocycles. The Morgan fingerprint density at radius 3 is 2.89 bits per heavy atom. The number of likely N-dealkylation sites (tertiary alicyclic amines) is 1. The molecule has 1 N–H and O–H groups in total. The van der Waals surface area contributed by atoms with Gasteiger partial charge in [0.2, 0.25) is 0 Å². The molecule has 1 fully saturated rings. The molecule has 0 aromatic heterocycles. The molecule has 5 heteroatoms. The number of carbonyl (C=O) groups is 2. The second-order valence-electron chi connectivity index (χ2n) is 4.80. The Kier molecular flexibility index (Phi) is 4.24. The van der Waals surface area contributed by atoms with Crippen molar-refractivity contribution >= 4 is 27.8 Å². The highest BCUT2D eigenvalue weighted by molar-refractivity contribution is 9.10. The second-order valence-corrected chi connectivity index (χ2v) is 5.66. The minimum absolute atomic E-state index is 0.0266. The van der Waals surface area contributed by atoms with Crippen LogP contribution in [0.2, 0.25) is 0 Å². The van der Waals surface area contributed by atoms with E-state index in [0.29, 0.717) is 12.1 Å². The predicted molar refractivity (Wildman–Crippen MR) is 75.2 cm³/mol. The summed E-state index contributed by atoms with van der Waals surface area (Å²) >= 11 is 3.41. The molecule has 0 aliphatic carbocycles. The van der Waals surface area contributed by atoms with Crippen LogP contribution in [0.15, 0.2) is 22.7 Å². The van der Waals surface area contributed by atoms with Crippen LogP contribution in [-0.2, 0) is 4.79 Å². The Hall–Kier alpha value is -1.36. The average molecular weight is 326 g/mol. The lowest BCUT2D eigenvalue weighted by atomic mass is 10.1. The van der Waals surface area contributed by atoms with Crippen LogP contribution in [-0.4, -0.2) is 34.5 Å². The molecule has 102 valence electrons. The average Bonchev–Trinajstić information content (AvgIpc) is 2.79. The van der Waals surface area contributed by atoms with Crippen LogP contribution in [0.4, 0.5) is 0 Å². The largest absolute Gasteiger partial charge is 0.481 e. The van der Waals surface area contributed by atoms with Crippen LogP contribution < -0.4 is 0 Å². The molecule has 2 rings (SSSR count). The standard InChI is InChI=1S/C14H16BrNO3/c1-9-11(5-2-6-12(9)15)14(19)16-7-3-4-10(16)8-13(17)18/h2,5-6,10H,3-4,7-8H2,1H3,(H,17,18). The van der Waals surface area contributed by atoms with Gasteiger partial charge in [-0.05, 0) is 37.5 Å². The number of nitrogens with zero attached hydrogens (tertiary/aromatic N) is 1. The highest BCUT2D eigenvalue weighted by Gasteiger charge is 2.31. The van der Waals surface area contributed by atoms with Crippen molar-refractivity contribution in [1.82, 2.24) is 4.90 Å². The van der Waals surface area contributed by atoms with Crippen molar-refractivity contribution in [2.75, 3.05) is 6.54 Å². The van der Waals surface area contributed by atoms with E-state index in [1.54, 1.807) is 11.0 Å². The fourth-order valence-corrected chi connectivity index (χ4v) is 2.88. The SMILES string of the molecule is Cc1c(Br)cccc1C(=O)N1CCCC1CC(=O)O. The highest BCUT2D eigenvalue weighted by atomic mass is 79.9. The third kappa shape index (κ3) is 2.97. The molecule has 1 aliphatic rings. The summed E-state index contributed by atoms with van der Waals surface area (Å²) in [5.41, 5.74) is 1.54. The van der Waals surface area contributed by atoms with E-state index in [-0.39, 0.29) is 18.4 Å². The van der Waals surface area contributed by atoms with E-state index >= 15 is 0 Å². The Morgan fingerprint density at radius 1 is 1.47 bits per heavy atom. The number of benzene rings is 1. The van der Waals surface area contributed by atoms with Gasteiger partial charge in [-0.25, -0.2) is 0 Å². The number of carboxylic acids is 1. The highest BCUT2D eigenvalue weighted by Crippen LogP contribution is 2.26. The van der Waals surface area contributed by atoms with E-state index < -0.39 is 5.97 Å². The van der Waals surface area contributed by atoms with Gasteiger partial charge in [0.25, 0.3) is 5.91 Å². The Morgan fingerprint density at radius 2 is 2.21 bits per heavy atom. The molecular formula is C14H16BrNO3. The van der Waals surface area contributed by atoms with E-state index in [9.17, 15) is 9.59 Å². The van der Waals surface area contributed by atoms with Crippen molar-refractivity contribution in [2.24, 2.45) is 0 Å². The Balaban J connectivity index is 2.23. The third-order valence-electron chi connectivity index (χ3n) is 3.55. The first-order valence-corrected chi connectivity index (χ1v) is 7.08. The number of aliphatic carboxylic acids is 1. The Labute approximate surface area is 120 Å². The van der Waals surface area contributed by atoms with Gasteiger partial charge >= 0.3 is 5.97 Å². The Bertz CT molecular complexity index is 515. The van der Waals surface area contributed by atoms with Crippen molar-refractivity contribution in [3.8, 4) is 0 Å². The number of hydrogen-bond donors (Lipinski definition) is 1. The van der Waals surface area contributed by atoms with Crippen LogP contribution >= 0.6 is 15.9 Å². The van der Waals surface area contributed by atoms with Gasteiger partial charge in [0.1, 0.15) is 0 Å². The van der Waals surface area contributed by atoms with E-state index in [0.717, 1.165) is 22.9 Å². The zero-order valence-corrected chi connectivity index (χ0v) is 12.3.